The molecule has 1 aliphatic rings. The molecule has 0 radical (unpaired) electrons. The number of piperidine rings is 1. The lowest BCUT2D eigenvalue weighted by Crippen LogP contribution is -2.34. The van der Waals surface area contributed by atoms with Crippen molar-refractivity contribution in [1.29, 1.82) is 0 Å². The van der Waals surface area contributed by atoms with Crippen LogP contribution in [-0.2, 0) is 5.41 Å². The SMILES string of the molecule is CC(C)(C)c1ccc(N2CCC(c3nnc4ccc(-c5cccnc5)nn34)CC2)nn1. The van der Waals surface area contributed by atoms with Crippen LogP contribution in [0.3, 0.4) is 0 Å². The fraction of sp³-hybridized carbons (Fsp3) is 0.391. The molecule has 0 spiro atoms. The minimum Gasteiger partial charge on any atom is -0.355 e. The molecule has 0 unspecified atom stereocenters. The number of rotatable bonds is 3. The molecule has 5 rings (SSSR count). The first-order chi connectivity index (χ1) is 15.0. The van der Waals surface area contributed by atoms with Crippen LogP contribution in [0.2, 0.25) is 0 Å². The molecule has 1 fully saturated rings. The van der Waals surface area contributed by atoms with Gasteiger partial charge in [0.05, 0.1) is 11.4 Å². The van der Waals surface area contributed by atoms with Crippen LogP contribution >= 0.6 is 0 Å². The fourth-order valence-corrected chi connectivity index (χ4v) is 3.99. The third-order valence-corrected chi connectivity index (χ3v) is 5.85. The average molecular weight is 415 g/mol. The topological polar surface area (TPSA) is 85.0 Å². The molecule has 1 aliphatic heterocycles. The van der Waals surface area contributed by atoms with Crippen molar-refractivity contribution in [3.63, 3.8) is 0 Å². The highest BCUT2D eigenvalue weighted by Gasteiger charge is 2.26. The molecule has 0 bridgehead atoms. The molecule has 4 aromatic heterocycles. The molecule has 4 aromatic rings. The van der Waals surface area contributed by atoms with E-state index in [0.717, 1.165) is 60.2 Å². The van der Waals surface area contributed by atoms with E-state index in [-0.39, 0.29) is 5.41 Å². The summed E-state index contributed by atoms with van der Waals surface area (Å²) in [6.07, 6.45) is 5.54. The quantitative estimate of drug-likeness (QED) is 0.506. The van der Waals surface area contributed by atoms with Crippen LogP contribution in [0.15, 0.2) is 48.8 Å². The molecular formula is C23H26N8. The van der Waals surface area contributed by atoms with E-state index in [9.17, 15) is 0 Å². The van der Waals surface area contributed by atoms with Gasteiger partial charge in [0.2, 0.25) is 0 Å². The highest BCUT2D eigenvalue weighted by molar-refractivity contribution is 5.58. The summed E-state index contributed by atoms with van der Waals surface area (Å²) in [5, 5.41) is 22.5. The van der Waals surface area contributed by atoms with E-state index in [4.69, 9.17) is 5.10 Å². The average Bonchev–Trinajstić information content (AvgIpc) is 3.23. The van der Waals surface area contributed by atoms with E-state index in [0.29, 0.717) is 5.92 Å². The van der Waals surface area contributed by atoms with Gasteiger partial charge in [-0.15, -0.1) is 15.3 Å². The van der Waals surface area contributed by atoms with Gasteiger partial charge in [0.15, 0.2) is 17.3 Å². The summed E-state index contributed by atoms with van der Waals surface area (Å²) in [5.74, 6) is 2.17. The summed E-state index contributed by atoms with van der Waals surface area (Å²) in [7, 11) is 0. The van der Waals surface area contributed by atoms with Crippen molar-refractivity contribution in [3.8, 4) is 11.3 Å². The van der Waals surface area contributed by atoms with Gasteiger partial charge in [-0.2, -0.15) is 14.7 Å². The molecule has 1 saturated heterocycles. The summed E-state index contributed by atoms with van der Waals surface area (Å²) in [6, 6.07) is 12.0. The van der Waals surface area contributed by atoms with Crippen molar-refractivity contribution in [2.24, 2.45) is 0 Å². The molecule has 31 heavy (non-hydrogen) atoms. The van der Waals surface area contributed by atoms with Crippen LogP contribution in [-0.4, -0.2) is 48.1 Å². The Morgan fingerprint density at radius 3 is 2.42 bits per heavy atom. The Kier molecular flexibility index (Phi) is 4.84. The second-order valence-corrected chi connectivity index (χ2v) is 9.08. The minimum absolute atomic E-state index is 0.00885. The number of nitrogens with zero attached hydrogens (tertiary/aromatic N) is 8. The van der Waals surface area contributed by atoms with Gasteiger partial charge in [0.1, 0.15) is 0 Å². The van der Waals surface area contributed by atoms with Crippen LogP contribution in [0.1, 0.15) is 51.0 Å². The summed E-state index contributed by atoms with van der Waals surface area (Å²) < 4.78 is 1.89. The molecule has 0 saturated carbocycles. The normalized spacial score (nSPS) is 15.5. The zero-order valence-electron chi connectivity index (χ0n) is 18.1. The maximum atomic E-state index is 4.81. The zero-order valence-corrected chi connectivity index (χ0v) is 18.1. The van der Waals surface area contributed by atoms with Gasteiger partial charge in [0, 0.05) is 42.4 Å². The Morgan fingerprint density at radius 1 is 0.903 bits per heavy atom. The summed E-state index contributed by atoms with van der Waals surface area (Å²) in [5.41, 5.74) is 3.64. The van der Waals surface area contributed by atoms with Crippen molar-refractivity contribution in [2.45, 2.75) is 44.9 Å². The fourth-order valence-electron chi connectivity index (χ4n) is 3.99. The van der Waals surface area contributed by atoms with Crippen LogP contribution in [0.4, 0.5) is 5.82 Å². The number of pyridine rings is 1. The predicted molar refractivity (Wildman–Crippen MR) is 119 cm³/mol. The van der Waals surface area contributed by atoms with Crippen LogP contribution in [0.5, 0.6) is 0 Å². The van der Waals surface area contributed by atoms with E-state index < -0.39 is 0 Å². The summed E-state index contributed by atoms with van der Waals surface area (Å²) >= 11 is 0. The van der Waals surface area contributed by atoms with E-state index >= 15 is 0 Å². The van der Waals surface area contributed by atoms with Gasteiger partial charge in [-0.05, 0) is 49.2 Å². The molecule has 0 aromatic carbocycles. The van der Waals surface area contributed by atoms with Crippen molar-refractivity contribution in [2.75, 3.05) is 18.0 Å². The van der Waals surface area contributed by atoms with Gasteiger partial charge in [-0.25, -0.2) is 0 Å². The highest BCUT2D eigenvalue weighted by Crippen LogP contribution is 2.30. The van der Waals surface area contributed by atoms with E-state index in [2.05, 4.69) is 63.2 Å². The number of hydrogen-bond donors (Lipinski definition) is 0. The van der Waals surface area contributed by atoms with Crippen molar-refractivity contribution >= 4 is 11.5 Å². The smallest absolute Gasteiger partial charge is 0.177 e. The summed E-state index contributed by atoms with van der Waals surface area (Å²) in [6.45, 7) is 8.27. The lowest BCUT2D eigenvalue weighted by Gasteiger charge is -2.31. The molecule has 5 heterocycles. The Bertz CT molecular complexity index is 1170. The number of anilines is 1. The van der Waals surface area contributed by atoms with Crippen molar-refractivity contribution in [1.82, 2.24) is 35.0 Å². The van der Waals surface area contributed by atoms with E-state index in [1.807, 2.05) is 35.0 Å². The Hall–Kier alpha value is -3.42. The molecular weight excluding hydrogens is 388 g/mol. The molecule has 158 valence electrons. The second-order valence-electron chi connectivity index (χ2n) is 9.08. The third kappa shape index (κ3) is 3.85. The van der Waals surface area contributed by atoms with E-state index in [1.165, 1.54) is 0 Å². The molecule has 0 aliphatic carbocycles. The van der Waals surface area contributed by atoms with Gasteiger partial charge in [-0.1, -0.05) is 20.8 Å². The molecule has 8 nitrogen and oxygen atoms in total. The standard InChI is InChI=1S/C23H26N8/c1-23(2,3)19-7-9-20(26-25-19)30-13-10-16(11-14-30)22-28-27-21-8-6-18(29-31(21)22)17-5-4-12-24-15-17/h4-9,12,15-16H,10-11,13-14H2,1-3H3. The first-order valence-corrected chi connectivity index (χ1v) is 10.7. The highest BCUT2D eigenvalue weighted by atomic mass is 15.4. The summed E-state index contributed by atoms with van der Waals surface area (Å²) in [4.78, 5) is 6.50. The number of aromatic nitrogens is 7. The Morgan fingerprint density at radius 2 is 1.74 bits per heavy atom. The lowest BCUT2D eigenvalue weighted by atomic mass is 9.92. The van der Waals surface area contributed by atoms with Crippen molar-refractivity contribution < 1.29 is 0 Å². The maximum Gasteiger partial charge on any atom is 0.177 e. The molecule has 8 heteroatoms. The third-order valence-electron chi connectivity index (χ3n) is 5.85. The number of hydrogen-bond acceptors (Lipinski definition) is 7. The minimum atomic E-state index is 0.00885. The monoisotopic (exact) mass is 414 g/mol. The van der Waals surface area contributed by atoms with Gasteiger partial charge in [0.25, 0.3) is 0 Å². The Labute approximate surface area is 181 Å². The largest absolute Gasteiger partial charge is 0.355 e. The van der Waals surface area contributed by atoms with Gasteiger partial charge < -0.3 is 4.90 Å². The van der Waals surface area contributed by atoms with Crippen LogP contribution in [0.25, 0.3) is 16.9 Å². The molecule has 0 N–H and O–H groups in total. The zero-order chi connectivity index (χ0) is 21.4. The second kappa shape index (κ2) is 7.68. The Balaban J connectivity index is 1.33. The van der Waals surface area contributed by atoms with Crippen LogP contribution in [0, 0.1) is 0 Å². The van der Waals surface area contributed by atoms with Crippen LogP contribution < -0.4 is 4.90 Å². The predicted octanol–water partition coefficient (Wildman–Crippen LogP) is 3.66. The van der Waals surface area contributed by atoms with Crippen molar-refractivity contribution in [3.05, 3.63) is 60.3 Å². The first kappa shape index (κ1) is 19.5. The van der Waals surface area contributed by atoms with Gasteiger partial charge in [-0.3, -0.25) is 4.98 Å². The maximum absolute atomic E-state index is 4.81. The first-order valence-electron chi connectivity index (χ1n) is 10.7. The lowest BCUT2D eigenvalue weighted by molar-refractivity contribution is 0.473. The number of fused-ring (bicyclic) bond motifs is 1. The van der Waals surface area contributed by atoms with Gasteiger partial charge >= 0.3 is 0 Å². The molecule has 0 amide bonds. The van der Waals surface area contributed by atoms with E-state index in [1.54, 1.807) is 6.20 Å². The molecule has 0 atom stereocenters.